The maximum absolute atomic E-state index is 13.0. The van der Waals surface area contributed by atoms with Gasteiger partial charge in [-0.2, -0.15) is 4.31 Å². The van der Waals surface area contributed by atoms with Crippen molar-refractivity contribution in [3.8, 4) is 11.8 Å². The van der Waals surface area contributed by atoms with Gasteiger partial charge in [-0.3, -0.25) is 0 Å². The van der Waals surface area contributed by atoms with Crippen LogP contribution in [0.3, 0.4) is 0 Å². The molecule has 0 aliphatic rings. The fourth-order valence-corrected chi connectivity index (χ4v) is 3.54. The molecule has 0 aliphatic carbocycles. The summed E-state index contributed by atoms with van der Waals surface area (Å²) in [5.41, 5.74) is 4.15. The minimum absolute atomic E-state index is 0.147. The van der Waals surface area contributed by atoms with Gasteiger partial charge in [-0.05, 0) is 52.0 Å². The Morgan fingerprint density at radius 3 is 2.04 bits per heavy atom. The number of benzene rings is 2. The lowest BCUT2D eigenvalue weighted by atomic mass is 10.2. The summed E-state index contributed by atoms with van der Waals surface area (Å²) in [5, 5.41) is 0. The first-order chi connectivity index (χ1) is 12.3. The third-order valence-electron chi connectivity index (χ3n) is 3.90. The highest BCUT2D eigenvalue weighted by molar-refractivity contribution is 7.89. The van der Waals surface area contributed by atoms with Crippen LogP contribution in [0, 0.1) is 25.7 Å². The molecule has 0 bridgehead atoms. The van der Waals surface area contributed by atoms with Gasteiger partial charge in [-0.1, -0.05) is 58.9 Å². The van der Waals surface area contributed by atoms with Crippen LogP contribution < -0.4 is 0 Å². The number of nitrogens with zero attached hydrogens (tertiary/aromatic N) is 1. The number of sulfonamides is 1. The van der Waals surface area contributed by atoms with Crippen molar-refractivity contribution in [3.63, 3.8) is 0 Å². The molecule has 0 aliphatic heterocycles. The van der Waals surface area contributed by atoms with Gasteiger partial charge in [0.25, 0.3) is 0 Å². The number of rotatable bonds is 5. The van der Waals surface area contributed by atoms with Crippen LogP contribution in [0.5, 0.6) is 0 Å². The summed E-state index contributed by atoms with van der Waals surface area (Å²) < 4.78 is 27.4. The van der Waals surface area contributed by atoms with Crippen molar-refractivity contribution >= 4 is 10.0 Å². The summed E-state index contributed by atoms with van der Waals surface area (Å²) in [5.74, 6) is 6.05. The molecule has 0 spiro atoms. The molecule has 0 saturated heterocycles. The maximum Gasteiger partial charge on any atom is 0.244 e. The Morgan fingerprint density at radius 1 is 0.962 bits per heavy atom. The summed E-state index contributed by atoms with van der Waals surface area (Å²) in [6.45, 7) is 8.31. The predicted molar refractivity (Wildman–Crippen MR) is 107 cm³/mol. The summed E-state index contributed by atoms with van der Waals surface area (Å²) in [6.07, 6.45) is 1.90. The molecular formula is C22H25NO2S. The highest BCUT2D eigenvalue weighted by atomic mass is 32.2. The minimum atomic E-state index is -3.59. The molecule has 2 rings (SSSR count). The van der Waals surface area contributed by atoms with E-state index in [-0.39, 0.29) is 6.54 Å². The van der Waals surface area contributed by atoms with Crippen LogP contribution in [0.2, 0.25) is 0 Å². The van der Waals surface area contributed by atoms with Gasteiger partial charge in [0.05, 0.1) is 11.4 Å². The molecule has 0 radical (unpaired) electrons. The quantitative estimate of drug-likeness (QED) is 0.583. The lowest BCUT2D eigenvalue weighted by molar-refractivity contribution is 0.477. The van der Waals surface area contributed by atoms with Crippen LogP contribution in [0.1, 0.15) is 30.5 Å². The van der Waals surface area contributed by atoms with E-state index in [0.717, 1.165) is 16.7 Å². The van der Waals surface area contributed by atoms with Gasteiger partial charge in [0.2, 0.25) is 10.0 Å². The van der Waals surface area contributed by atoms with Gasteiger partial charge in [0.1, 0.15) is 0 Å². The van der Waals surface area contributed by atoms with Crippen LogP contribution in [-0.4, -0.2) is 25.8 Å². The Hall–Kier alpha value is -2.35. The summed E-state index contributed by atoms with van der Waals surface area (Å²) in [7, 11) is -3.59. The standard InChI is InChI=1S/C22H25NO2S/c1-18(2)15-17-23(16-5-6-21-11-7-19(3)8-12-21)26(24,25)22-13-9-20(4)10-14-22/h7-15H,16-17H2,1-4H3. The highest BCUT2D eigenvalue weighted by Gasteiger charge is 2.22. The normalized spacial score (nSPS) is 11.0. The first-order valence-electron chi connectivity index (χ1n) is 8.55. The van der Waals surface area contributed by atoms with Crippen molar-refractivity contribution in [3.05, 3.63) is 76.9 Å². The molecule has 0 atom stereocenters. The van der Waals surface area contributed by atoms with E-state index in [1.54, 1.807) is 12.1 Å². The van der Waals surface area contributed by atoms with E-state index in [1.807, 2.05) is 70.2 Å². The molecule has 0 saturated carbocycles. The van der Waals surface area contributed by atoms with Gasteiger partial charge in [-0.15, -0.1) is 0 Å². The van der Waals surface area contributed by atoms with Gasteiger partial charge in [0.15, 0.2) is 0 Å². The molecule has 0 amide bonds. The smallest absolute Gasteiger partial charge is 0.207 e. The molecule has 0 heterocycles. The van der Waals surface area contributed by atoms with Crippen LogP contribution in [0.4, 0.5) is 0 Å². The molecular weight excluding hydrogens is 342 g/mol. The molecule has 0 unspecified atom stereocenters. The fourth-order valence-electron chi connectivity index (χ4n) is 2.26. The third kappa shape index (κ3) is 5.59. The van der Waals surface area contributed by atoms with E-state index in [0.29, 0.717) is 11.4 Å². The maximum atomic E-state index is 13.0. The Labute approximate surface area is 157 Å². The molecule has 3 nitrogen and oxygen atoms in total. The lowest BCUT2D eigenvalue weighted by Crippen LogP contribution is -2.32. The third-order valence-corrected chi connectivity index (χ3v) is 5.73. The van der Waals surface area contributed by atoms with Crippen molar-refractivity contribution < 1.29 is 8.42 Å². The molecule has 26 heavy (non-hydrogen) atoms. The van der Waals surface area contributed by atoms with Crippen molar-refractivity contribution in [1.29, 1.82) is 0 Å². The van der Waals surface area contributed by atoms with Crippen molar-refractivity contribution in [2.24, 2.45) is 0 Å². The van der Waals surface area contributed by atoms with Crippen molar-refractivity contribution in [2.45, 2.75) is 32.6 Å². The second-order valence-electron chi connectivity index (χ2n) is 6.56. The molecule has 0 fully saturated rings. The highest BCUT2D eigenvalue weighted by Crippen LogP contribution is 2.16. The minimum Gasteiger partial charge on any atom is -0.207 e. The second-order valence-corrected chi connectivity index (χ2v) is 8.50. The predicted octanol–water partition coefficient (Wildman–Crippen LogP) is 4.31. The Balaban J connectivity index is 2.27. The number of hydrogen-bond acceptors (Lipinski definition) is 2. The van der Waals surface area contributed by atoms with E-state index in [9.17, 15) is 8.42 Å². The van der Waals surface area contributed by atoms with E-state index in [1.165, 1.54) is 9.87 Å². The van der Waals surface area contributed by atoms with Gasteiger partial charge >= 0.3 is 0 Å². The van der Waals surface area contributed by atoms with E-state index in [2.05, 4.69) is 11.8 Å². The van der Waals surface area contributed by atoms with Crippen molar-refractivity contribution in [1.82, 2.24) is 4.31 Å². The van der Waals surface area contributed by atoms with Gasteiger partial charge in [-0.25, -0.2) is 8.42 Å². The van der Waals surface area contributed by atoms with E-state index >= 15 is 0 Å². The summed E-state index contributed by atoms with van der Waals surface area (Å²) in [4.78, 5) is 0.294. The number of aryl methyl sites for hydroxylation is 2. The van der Waals surface area contributed by atoms with E-state index < -0.39 is 10.0 Å². The molecule has 2 aromatic carbocycles. The molecule has 4 heteroatoms. The van der Waals surface area contributed by atoms with Gasteiger partial charge in [0, 0.05) is 12.1 Å². The zero-order valence-corrected chi connectivity index (χ0v) is 16.6. The number of allylic oxidation sites excluding steroid dienone is 1. The first kappa shape index (κ1) is 20.0. The SMILES string of the molecule is CC(C)=CCN(CC#Cc1ccc(C)cc1)S(=O)(=O)c1ccc(C)cc1. The summed E-state index contributed by atoms with van der Waals surface area (Å²) in [6, 6.07) is 14.8. The van der Waals surface area contributed by atoms with Gasteiger partial charge < -0.3 is 0 Å². The van der Waals surface area contributed by atoms with Crippen molar-refractivity contribution in [2.75, 3.05) is 13.1 Å². The molecule has 0 N–H and O–H groups in total. The monoisotopic (exact) mass is 367 g/mol. The zero-order chi connectivity index (χ0) is 19.2. The Morgan fingerprint density at radius 2 is 1.50 bits per heavy atom. The summed E-state index contributed by atoms with van der Waals surface area (Å²) >= 11 is 0. The van der Waals surface area contributed by atoms with Crippen LogP contribution in [0.25, 0.3) is 0 Å². The van der Waals surface area contributed by atoms with Crippen LogP contribution in [0.15, 0.2) is 65.1 Å². The van der Waals surface area contributed by atoms with E-state index in [4.69, 9.17) is 0 Å². The average molecular weight is 368 g/mol. The first-order valence-corrected chi connectivity index (χ1v) is 9.99. The zero-order valence-electron chi connectivity index (χ0n) is 15.8. The fraction of sp³-hybridized carbons (Fsp3) is 0.273. The van der Waals surface area contributed by atoms with Crippen LogP contribution >= 0.6 is 0 Å². The second kappa shape index (κ2) is 8.84. The topological polar surface area (TPSA) is 37.4 Å². The van der Waals surface area contributed by atoms with Crippen LogP contribution in [-0.2, 0) is 10.0 Å². The Bertz CT molecular complexity index is 924. The molecule has 2 aromatic rings. The Kier molecular flexibility index (Phi) is 6.79. The molecule has 136 valence electrons. The largest absolute Gasteiger partial charge is 0.244 e. The molecule has 0 aromatic heterocycles. The average Bonchev–Trinajstić information content (AvgIpc) is 2.59. The number of hydrogen-bond donors (Lipinski definition) is 0. The lowest BCUT2D eigenvalue weighted by Gasteiger charge is -2.18.